The van der Waals surface area contributed by atoms with Crippen molar-refractivity contribution in [1.29, 1.82) is 0 Å². The van der Waals surface area contributed by atoms with Gasteiger partial charge in [-0.25, -0.2) is 0 Å². The van der Waals surface area contributed by atoms with Gasteiger partial charge in [-0.3, -0.25) is 29.6 Å². The molecule has 8 nitrogen and oxygen atoms in total. The number of carbonyl (C=O) groups excluding carboxylic acids is 4. The van der Waals surface area contributed by atoms with Crippen molar-refractivity contribution < 1.29 is 23.9 Å². The molecule has 0 aromatic heterocycles. The second-order valence-electron chi connectivity index (χ2n) is 7.19. The Morgan fingerprint density at radius 1 is 1.10 bits per heavy atom. The zero-order chi connectivity index (χ0) is 21.7. The molecule has 0 unspecified atom stereocenters. The van der Waals surface area contributed by atoms with E-state index >= 15 is 0 Å². The van der Waals surface area contributed by atoms with Crippen LogP contribution in [0.5, 0.6) is 0 Å². The van der Waals surface area contributed by atoms with Crippen molar-refractivity contribution in [2.45, 2.75) is 20.3 Å². The Morgan fingerprint density at radius 3 is 2.53 bits per heavy atom. The predicted octanol–water partition coefficient (Wildman–Crippen LogP) is 1.98. The smallest absolute Gasteiger partial charge is 0.311 e. The van der Waals surface area contributed by atoms with Gasteiger partial charge in [-0.15, -0.1) is 0 Å². The molecule has 1 atom stereocenters. The lowest BCUT2D eigenvalue weighted by Gasteiger charge is -2.17. The van der Waals surface area contributed by atoms with Gasteiger partial charge in [0.05, 0.1) is 12.5 Å². The molecule has 156 valence electrons. The van der Waals surface area contributed by atoms with Crippen LogP contribution in [0.3, 0.4) is 0 Å². The molecule has 8 heteroatoms. The first kappa shape index (κ1) is 21.0. The van der Waals surface area contributed by atoms with E-state index in [1.165, 1.54) is 0 Å². The lowest BCUT2D eigenvalue weighted by atomic mass is 10.1. The van der Waals surface area contributed by atoms with Crippen molar-refractivity contribution >= 4 is 29.4 Å². The molecule has 2 aromatic rings. The van der Waals surface area contributed by atoms with Gasteiger partial charge in [-0.2, -0.15) is 0 Å². The summed E-state index contributed by atoms with van der Waals surface area (Å²) >= 11 is 0. The van der Waals surface area contributed by atoms with Crippen molar-refractivity contribution in [2.24, 2.45) is 5.92 Å². The fourth-order valence-electron chi connectivity index (χ4n) is 3.14. The molecule has 30 heavy (non-hydrogen) atoms. The van der Waals surface area contributed by atoms with E-state index in [0.29, 0.717) is 11.3 Å². The van der Waals surface area contributed by atoms with Crippen LogP contribution in [0, 0.1) is 19.8 Å². The fourth-order valence-corrected chi connectivity index (χ4v) is 3.14. The molecule has 2 aromatic carbocycles. The van der Waals surface area contributed by atoms with E-state index < -0.39 is 30.3 Å². The first-order chi connectivity index (χ1) is 14.3. The highest BCUT2D eigenvalue weighted by Crippen LogP contribution is 2.19. The molecule has 0 bridgehead atoms. The highest BCUT2D eigenvalue weighted by molar-refractivity contribution is 5.97. The molecule has 1 aliphatic heterocycles. The second kappa shape index (κ2) is 9.21. The minimum absolute atomic E-state index is 0.00503. The average Bonchev–Trinajstić information content (AvgIpc) is 3.09. The molecular formula is C22H23N3O5. The summed E-state index contributed by atoms with van der Waals surface area (Å²) in [6, 6.07) is 14.0. The van der Waals surface area contributed by atoms with Crippen LogP contribution in [0.15, 0.2) is 48.5 Å². The van der Waals surface area contributed by atoms with E-state index in [2.05, 4.69) is 10.7 Å². The maximum absolute atomic E-state index is 12.3. The van der Waals surface area contributed by atoms with Crippen LogP contribution in [0.25, 0.3) is 0 Å². The normalized spacial score (nSPS) is 15.6. The van der Waals surface area contributed by atoms with E-state index in [-0.39, 0.29) is 18.9 Å². The molecule has 3 rings (SSSR count). The number of ether oxygens (including phenoxy) is 1. The number of benzene rings is 2. The van der Waals surface area contributed by atoms with Crippen LogP contribution >= 0.6 is 0 Å². The molecule has 0 spiro atoms. The van der Waals surface area contributed by atoms with Gasteiger partial charge in [0.2, 0.25) is 5.91 Å². The van der Waals surface area contributed by atoms with Gasteiger partial charge in [0, 0.05) is 17.7 Å². The lowest BCUT2D eigenvalue weighted by Crippen LogP contribution is -2.43. The maximum Gasteiger partial charge on any atom is 0.311 e. The second-order valence-corrected chi connectivity index (χ2v) is 7.19. The highest BCUT2D eigenvalue weighted by atomic mass is 16.5. The highest BCUT2D eigenvalue weighted by Gasteiger charge is 2.36. The first-order valence-corrected chi connectivity index (χ1v) is 9.53. The topological polar surface area (TPSA) is 105 Å². The summed E-state index contributed by atoms with van der Waals surface area (Å²) in [4.78, 5) is 48.7. The van der Waals surface area contributed by atoms with Gasteiger partial charge < -0.3 is 10.1 Å². The minimum Gasteiger partial charge on any atom is -0.455 e. The Labute approximate surface area is 174 Å². The van der Waals surface area contributed by atoms with Crippen molar-refractivity contribution in [3.63, 3.8) is 0 Å². The Bertz CT molecular complexity index is 974. The number of nitrogens with one attached hydrogen (secondary N) is 2. The third kappa shape index (κ3) is 5.22. The number of esters is 1. The Kier molecular flexibility index (Phi) is 6.46. The summed E-state index contributed by atoms with van der Waals surface area (Å²) in [6.07, 6.45) is -0.0907. The van der Waals surface area contributed by atoms with Crippen LogP contribution in [-0.2, 0) is 19.1 Å². The summed E-state index contributed by atoms with van der Waals surface area (Å²) in [5.41, 5.74) is 5.52. The number of anilines is 1. The van der Waals surface area contributed by atoms with Crippen molar-refractivity contribution in [3.8, 4) is 0 Å². The number of hydrogen-bond donors (Lipinski definition) is 2. The molecule has 2 N–H and O–H groups in total. The molecule has 1 aliphatic rings. The van der Waals surface area contributed by atoms with Gasteiger partial charge in [0.15, 0.2) is 6.61 Å². The predicted molar refractivity (Wildman–Crippen MR) is 109 cm³/mol. The molecular weight excluding hydrogens is 386 g/mol. The fraction of sp³-hybridized carbons (Fsp3) is 0.273. The van der Waals surface area contributed by atoms with Crippen LogP contribution in [0.2, 0.25) is 0 Å². The third-order valence-corrected chi connectivity index (χ3v) is 4.73. The number of nitrogens with zero attached hydrogens (tertiary/aromatic N) is 1. The molecule has 1 heterocycles. The average molecular weight is 409 g/mol. The van der Waals surface area contributed by atoms with Crippen LogP contribution in [0.4, 0.5) is 5.69 Å². The van der Waals surface area contributed by atoms with Gasteiger partial charge in [0.25, 0.3) is 11.8 Å². The van der Waals surface area contributed by atoms with Crippen LogP contribution in [0.1, 0.15) is 27.9 Å². The van der Waals surface area contributed by atoms with Gasteiger partial charge in [-0.05, 0) is 37.6 Å². The molecule has 0 radical (unpaired) electrons. The zero-order valence-corrected chi connectivity index (χ0v) is 16.8. The van der Waals surface area contributed by atoms with E-state index in [1.54, 1.807) is 36.4 Å². The minimum atomic E-state index is -0.748. The zero-order valence-electron chi connectivity index (χ0n) is 16.8. The molecule has 1 fully saturated rings. The number of aryl methyl sites for hydroxylation is 2. The van der Waals surface area contributed by atoms with Gasteiger partial charge in [0.1, 0.15) is 0 Å². The van der Waals surface area contributed by atoms with Gasteiger partial charge in [-0.1, -0.05) is 35.9 Å². The van der Waals surface area contributed by atoms with Crippen LogP contribution in [-0.4, -0.2) is 41.9 Å². The maximum atomic E-state index is 12.3. The molecule has 0 saturated carbocycles. The number of amides is 3. The van der Waals surface area contributed by atoms with Crippen LogP contribution < -0.4 is 10.7 Å². The lowest BCUT2D eigenvalue weighted by molar-refractivity contribution is -0.151. The molecule has 1 saturated heterocycles. The number of hydrazine groups is 1. The van der Waals surface area contributed by atoms with Crippen molar-refractivity contribution in [2.75, 3.05) is 18.5 Å². The summed E-state index contributed by atoms with van der Waals surface area (Å²) in [7, 11) is 0. The molecule has 0 aliphatic carbocycles. The molecule has 3 amide bonds. The SMILES string of the molecule is Cc1ccc(NC(=O)COC(=O)[C@H]2CC(=O)N(NC(=O)c3ccccc3)C2)c(C)c1. The Balaban J connectivity index is 1.48. The number of hydrogen-bond acceptors (Lipinski definition) is 5. The summed E-state index contributed by atoms with van der Waals surface area (Å²) in [5, 5.41) is 3.80. The van der Waals surface area contributed by atoms with E-state index in [0.717, 1.165) is 16.1 Å². The Hall–Kier alpha value is -3.68. The summed E-state index contributed by atoms with van der Waals surface area (Å²) in [6.45, 7) is 3.37. The van der Waals surface area contributed by atoms with Gasteiger partial charge >= 0.3 is 5.97 Å². The standard InChI is InChI=1S/C22H23N3O5/c1-14-8-9-18(15(2)10-14)23-19(26)13-30-22(29)17-11-20(27)25(12-17)24-21(28)16-6-4-3-5-7-16/h3-10,17H,11-13H2,1-2H3,(H,23,26)(H,24,28)/t17-/m0/s1. The number of rotatable bonds is 6. The monoisotopic (exact) mass is 409 g/mol. The summed E-state index contributed by atoms with van der Waals surface area (Å²) < 4.78 is 5.07. The first-order valence-electron chi connectivity index (χ1n) is 9.53. The largest absolute Gasteiger partial charge is 0.455 e. The Morgan fingerprint density at radius 2 is 1.83 bits per heavy atom. The third-order valence-electron chi connectivity index (χ3n) is 4.73. The number of carbonyl (C=O) groups is 4. The quantitative estimate of drug-likeness (QED) is 0.710. The summed E-state index contributed by atoms with van der Waals surface area (Å²) in [5.74, 6) is -2.70. The van der Waals surface area contributed by atoms with Crippen molar-refractivity contribution in [1.82, 2.24) is 10.4 Å². The van der Waals surface area contributed by atoms with E-state index in [4.69, 9.17) is 4.74 Å². The van der Waals surface area contributed by atoms with E-state index in [9.17, 15) is 19.2 Å². The van der Waals surface area contributed by atoms with Crippen molar-refractivity contribution in [3.05, 3.63) is 65.2 Å². The van der Waals surface area contributed by atoms with E-state index in [1.807, 2.05) is 26.0 Å².